The molecule has 2 rings (SSSR count). The third-order valence-corrected chi connectivity index (χ3v) is 2.99. The molecule has 4 N–H and O–H groups in total. The Labute approximate surface area is 101 Å². The molecule has 16 heavy (non-hydrogen) atoms. The van der Waals surface area contributed by atoms with Crippen molar-refractivity contribution in [3.05, 3.63) is 23.0 Å². The Kier molecular flexibility index (Phi) is 4.13. The van der Waals surface area contributed by atoms with Gasteiger partial charge in [0.2, 0.25) is 0 Å². The van der Waals surface area contributed by atoms with Crippen molar-refractivity contribution in [3.8, 4) is 5.75 Å². The Morgan fingerprint density at radius 1 is 1.56 bits per heavy atom. The summed E-state index contributed by atoms with van der Waals surface area (Å²) >= 11 is 0. The first kappa shape index (κ1) is 13.2. The second-order valence-electron chi connectivity index (χ2n) is 4.15. The van der Waals surface area contributed by atoms with Crippen molar-refractivity contribution >= 4 is 12.4 Å². The number of aliphatic hydroxyl groups is 1. The molecule has 1 aliphatic carbocycles. The van der Waals surface area contributed by atoms with Gasteiger partial charge in [0.25, 0.3) is 0 Å². The second kappa shape index (κ2) is 4.99. The Morgan fingerprint density at radius 2 is 2.19 bits per heavy atom. The van der Waals surface area contributed by atoms with Crippen molar-refractivity contribution in [1.82, 2.24) is 4.98 Å². The number of nitrogens with two attached hydrogens (primary N) is 1. The summed E-state index contributed by atoms with van der Waals surface area (Å²) in [6, 6.07) is -0.172. The molecule has 0 unspecified atom stereocenters. The molecule has 1 heterocycles. The predicted molar refractivity (Wildman–Crippen MR) is 63.5 cm³/mol. The molecule has 0 aliphatic heterocycles. The van der Waals surface area contributed by atoms with Crippen LogP contribution in [0.4, 0.5) is 0 Å². The van der Waals surface area contributed by atoms with Crippen LogP contribution >= 0.6 is 12.4 Å². The normalized spacial score (nSPS) is 16.7. The van der Waals surface area contributed by atoms with E-state index in [0.717, 1.165) is 12.8 Å². The molecule has 0 aromatic carbocycles. The van der Waals surface area contributed by atoms with Crippen LogP contribution in [0.5, 0.6) is 5.75 Å². The van der Waals surface area contributed by atoms with Gasteiger partial charge in [0.05, 0.1) is 12.3 Å². The molecule has 1 saturated carbocycles. The van der Waals surface area contributed by atoms with Crippen LogP contribution in [0.3, 0.4) is 0 Å². The summed E-state index contributed by atoms with van der Waals surface area (Å²) < 4.78 is 0. The van der Waals surface area contributed by atoms with Gasteiger partial charge in [0, 0.05) is 23.4 Å². The molecule has 0 bridgehead atoms. The topological polar surface area (TPSA) is 79.4 Å². The predicted octanol–water partition coefficient (Wildman–Crippen LogP) is 1.42. The number of aromatic nitrogens is 1. The van der Waals surface area contributed by atoms with Gasteiger partial charge < -0.3 is 15.9 Å². The highest BCUT2D eigenvalue weighted by molar-refractivity contribution is 5.85. The van der Waals surface area contributed by atoms with Gasteiger partial charge >= 0.3 is 0 Å². The van der Waals surface area contributed by atoms with Crippen molar-refractivity contribution < 1.29 is 10.2 Å². The van der Waals surface area contributed by atoms with Crippen molar-refractivity contribution in [2.24, 2.45) is 11.7 Å². The van der Waals surface area contributed by atoms with E-state index in [1.807, 2.05) is 0 Å². The number of pyridine rings is 1. The molecule has 0 spiro atoms. The summed E-state index contributed by atoms with van der Waals surface area (Å²) in [6.07, 6.45) is 3.80. The van der Waals surface area contributed by atoms with Crippen molar-refractivity contribution in [2.75, 3.05) is 0 Å². The van der Waals surface area contributed by atoms with Gasteiger partial charge in [-0.25, -0.2) is 0 Å². The minimum absolute atomic E-state index is 0. The van der Waals surface area contributed by atoms with E-state index in [4.69, 9.17) is 5.73 Å². The van der Waals surface area contributed by atoms with Crippen LogP contribution in [0.2, 0.25) is 0 Å². The van der Waals surface area contributed by atoms with Crippen LogP contribution < -0.4 is 5.73 Å². The number of aliphatic hydroxyl groups excluding tert-OH is 1. The molecule has 0 amide bonds. The first-order valence-corrected chi connectivity index (χ1v) is 5.19. The molecule has 1 aliphatic rings. The molecule has 0 saturated heterocycles. The zero-order chi connectivity index (χ0) is 11.0. The van der Waals surface area contributed by atoms with Crippen molar-refractivity contribution in [3.63, 3.8) is 0 Å². The van der Waals surface area contributed by atoms with E-state index < -0.39 is 0 Å². The lowest BCUT2D eigenvalue weighted by Crippen LogP contribution is -2.16. The molecular formula is C11H17ClN2O2. The molecule has 5 heteroatoms. The van der Waals surface area contributed by atoms with E-state index in [0.29, 0.717) is 22.7 Å². The highest BCUT2D eigenvalue weighted by Crippen LogP contribution is 2.43. The van der Waals surface area contributed by atoms with Gasteiger partial charge in [-0.3, -0.25) is 4.98 Å². The lowest BCUT2D eigenvalue weighted by Gasteiger charge is -2.17. The Balaban J connectivity index is 0.00000128. The van der Waals surface area contributed by atoms with E-state index in [-0.39, 0.29) is 30.8 Å². The molecule has 1 aromatic rings. The van der Waals surface area contributed by atoms with Gasteiger partial charge in [-0.05, 0) is 25.7 Å². The molecule has 0 radical (unpaired) electrons. The number of nitrogens with zero attached hydrogens (tertiary/aromatic N) is 1. The van der Waals surface area contributed by atoms with E-state index in [1.165, 1.54) is 0 Å². The number of aromatic hydroxyl groups is 1. The minimum Gasteiger partial charge on any atom is -0.506 e. The highest BCUT2D eigenvalue weighted by Gasteiger charge is 2.32. The largest absolute Gasteiger partial charge is 0.506 e. The maximum absolute atomic E-state index is 9.90. The lowest BCUT2D eigenvalue weighted by molar-refractivity contribution is 0.277. The number of halogens is 1. The number of aryl methyl sites for hydroxylation is 1. The summed E-state index contributed by atoms with van der Waals surface area (Å²) in [5.41, 5.74) is 7.93. The highest BCUT2D eigenvalue weighted by atomic mass is 35.5. The van der Waals surface area contributed by atoms with E-state index >= 15 is 0 Å². The summed E-state index contributed by atoms with van der Waals surface area (Å²) in [7, 11) is 0. The van der Waals surface area contributed by atoms with E-state index in [2.05, 4.69) is 4.98 Å². The molecule has 1 aromatic heterocycles. The summed E-state index contributed by atoms with van der Waals surface area (Å²) in [5.74, 6) is 0.587. The minimum atomic E-state index is -0.172. The molecule has 4 nitrogen and oxygen atoms in total. The summed E-state index contributed by atoms with van der Waals surface area (Å²) in [4.78, 5) is 4.01. The number of rotatable bonds is 3. The summed E-state index contributed by atoms with van der Waals surface area (Å²) in [5, 5.41) is 19.1. The average Bonchev–Trinajstić information content (AvgIpc) is 3.04. The molecule has 1 atom stereocenters. The maximum atomic E-state index is 9.90. The second-order valence-corrected chi connectivity index (χ2v) is 4.15. The molecule has 1 fully saturated rings. The van der Waals surface area contributed by atoms with Crippen LogP contribution in [-0.2, 0) is 6.61 Å². The van der Waals surface area contributed by atoms with Gasteiger partial charge in [0.1, 0.15) is 5.75 Å². The van der Waals surface area contributed by atoms with Gasteiger partial charge in [-0.2, -0.15) is 0 Å². The SMILES string of the molecule is Cc1ncc(CO)c([C@@H](N)C2CC2)c1O.Cl. The van der Waals surface area contributed by atoms with Crippen LogP contribution in [0.15, 0.2) is 6.20 Å². The maximum Gasteiger partial charge on any atom is 0.141 e. The first-order chi connectivity index (χ1) is 7.15. The third kappa shape index (κ3) is 2.29. The fraction of sp³-hybridized carbons (Fsp3) is 0.545. The monoisotopic (exact) mass is 244 g/mol. The fourth-order valence-corrected chi connectivity index (χ4v) is 1.84. The zero-order valence-corrected chi connectivity index (χ0v) is 10.00. The Bertz CT molecular complexity index is 380. The van der Waals surface area contributed by atoms with Crippen molar-refractivity contribution in [1.29, 1.82) is 0 Å². The van der Waals surface area contributed by atoms with Crippen LogP contribution in [0, 0.1) is 12.8 Å². The van der Waals surface area contributed by atoms with Gasteiger partial charge in [0.15, 0.2) is 0 Å². The van der Waals surface area contributed by atoms with Gasteiger partial charge in [-0.1, -0.05) is 0 Å². The summed E-state index contributed by atoms with van der Waals surface area (Å²) in [6.45, 7) is 1.61. The fourth-order valence-electron chi connectivity index (χ4n) is 1.84. The lowest BCUT2D eigenvalue weighted by atomic mass is 9.97. The third-order valence-electron chi connectivity index (χ3n) is 2.99. The number of hydrogen-bond donors (Lipinski definition) is 3. The standard InChI is InChI=1S/C11H16N2O2.ClH/c1-6-11(15)9(8(5-14)4-13-6)10(12)7-2-3-7;/h4,7,10,14-15H,2-3,5,12H2,1H3;1H/t10-;/m0./s1. The molecule has 90 valence electrons. The Hall–Kier alpha value is -0.840. The van der Waals surface area contributed by atoms with E-state index in [9.17, 15) is 10.2 Å². The van der Waals surface area contributed by atoms with Gasteiger partial charge in [-0.15, -0.1) is 12.4 Å². The zero-order valence-electron chi connectivity index (χ0n) is 9.18. The molecular weight excluding hydrogens is 228 g/mol. The Morgan fingerprint density at radius 3 is 2.69 bits per heavy atom. The van der Waals surface area contributed by atoms with E-state index in [1.54, 1.807) is 13.1 Å². The quantitative estimate of drug-likeness (QED) is 0.751. The first-order valence-electron chi connectivity index (χ1n) is 5.19. The van der Waals surface area contributed by atoms with Crippen LogP contribution in [-0.4, -0.2) is 15.2 Å². The average molecular weight is 245 g/mol. The van der Waals surface area contributed by atoms with Crippen LogP contribution in [0.25, 0.3) is 0 Å². The smallest absolute Gasteiger partial charge is 0.141 e. The van der Waals surface area contributed by atoms with Crippen molar-refractivity contribution in [2.45, 2.75) is 32.4 Å². The van der Waals surface area contributed by atoms with Crippen LogP contribution in [0.1, 0.15) is 35.7 Å². The number of hydrogen-bond acceptors (Lipinski definition) is 4.